The monoisotopic (exact) mass is 487 g/mol. The molecule has 1 heterocycles. The maximum absolute atomic E-state index is 12.6. The average molecular weight is 488 g/mol. The van der Waals surface area contributed by atoms with E-state index in [1.807, 2.05) is 0 Å². The van der Waals surface area contributed by atoms with Gasteiger partial charge < -0.3 is 15.2 Å². The first-order valence-electron chi connectivity index (χ1n) is 9.22. The van der Waals surface area contributed by atoms with Crippen LogP contribution >= 0.6 is 23.2 Å². The number of halogens is 5. The number of alkyl halides is 3. The summed E-state index contributed by atoms with van der Waals surface area (Å²) >= 11 is 12.0. The van der Waals surface area contributed by atoms with Gasteiger partial charge in [-0.1, -0.05) is 35.3 Å². The third-order valence-corrected chi connectivity index (χ3v) is 4.54. The van der Waals surface area contributed by atoms with Crippen LogP contribution in [0.15, 0.2) is 48.5 Å². The lowest BCUT2D eigenvalue weighted by Gasteiger charge is -2.16. The van der Waals surface area contributed by atoms with Crippen LogP contribution in [-0.2, 0) is 0 Å². The third-order valence-electron chi connectivity index (χ3n) is 4.00. The molecular formula is C20H18Cl2F3N5O2. The van der Waals surface area contributed by atoms with Crippen molar-refractivity contribution in [3.8, 4) is 17.0 Å². The van der Waals surface area contributed by atoms with Gasteiger partial charge in [0.05, 0.1) is 23.0 Å². The van der Waals surface area contributed by atoms with Gasteiger partial charge in [0, 0.05) is 22.7 Å². The van der Waals surface area contributed by atoms with E-state index in [4.69, 9.17) is 23.2 Å². The fourth-order valence-electron chi connectivity index (χ4n) is 2.56. The van der Waals surface area contributed by atoms with Gasteiger partial charge in [-0.2, -0.15) is 4.98 Å². The van der Waals surface area contributed by atoms with Crippen LogP contribution in [0.1, 0.15) is 6.92 Å². The number of aromatic nitrogens is 2. The summed E-state index contributed by atoms with van der Waals surface area (Å²) in [7, 11) is 0. The van der Waals surface area contributed by atoms with Crippen molar-refractivity contribution in [3.63, 3.8) is 0 Å². The first kappa shape index (κ1) is 23.7. The second-order valence-corrected chi connectivity index (χ2v) is 7.48. The standard InChI is InChI=1S/C20H18Cl2F3N5O2/c1-11(10-31)26-19-27-17(12-3-2-4-14(7-12)32-20(23,24)25)9-18(28-19)30-29-16-6-5-13(21)8-15(16)22/h2-9,11,29,31H,10H2,1H3,(H2,26,27,28,30)/t11-/m1/s1. The smallest absolute Gasteiger partial charge is 0.406 e. The van der Waals surface area contributed by atoms with Gasteiger partial charge in [-0.15, -0.1) is 13.2 Å². The molecule has 0 unspecified atom stereocenters. The molecule has 0 amide bonds. The molecule has 2 aromatic carbocycles. The van der Waals surface area contributed by atoms with Crippen molar-refractivity contribution in [1.82, 2.24) is 9.97 Å². The van der Waals surface area contributed by atoms with Gasteiger partial charge in [0.1, 0.15) is 5.75 Å². The molecule has 0 radical (unpaired) electrons. The van der Waals surface area contributed by atoms with Gasteiger partial charge in [-0.05, 0) is 37.3 Å². The number of anilines is 3. The summed E-state index contributed by atoms with van der Waals surface area (Å²) in [5, 5.41) is 13.1. The highest BCUT2D eigenvalue weighted by Crippen LogP contribution is 2.29. The summed E-state index contributed by atoms with van der Waals surface area (Å²) < 4.78 is 41.7. The Bertz CT molecular complexity index is 1090. The van der Waals surface area contributed by atoms with Crippen molar-refractivity contribution in [2.45, 2.75) is 19.3 Å². The van der Waals surface area contributed by atoms with Gasteiger partial charge >= 0.3 is 6.36 Å². The van der Waals surface area contributed by atoms with Crippen LogP contribution in [0.5, 0.6) is 5.75 Å². The molecule has 7 nitrogen and oxygen atoms in total. The molecule has 0 aliphatic heterocycles. The van der Waals surface area contributed by atoms with Crippen molar-refractivity contribution < 1.29 is 23.0 Å². The maximum Gasteiger partial charge on any atom is 0.573 e. The summed E-state index contributed by atoms with van der Waals surface area (Å²) in [4.78, 5) is 8.64. The Morgan fingerprint density at radius 3 is 2.53 bits per heavy atom. The quantitative estimate of drug-likeness (QED) is 0.308. The fourth-order valence-corrected chi connectivity index (χ4v) is 3.02. The van der Waals surface area contributed by atoms with E-state index in [2.05, 4.69) is 30.9 Å². The summed E-state index contributed by atoms with van der Waals surface area (Å²) in [5.74, 6) is 0.0564. The number of hydrogen-bond acceptors (Lipinski definition) is 7. The molecule has 0 bridgehead atoms. The molecule has 0 aliphatic carbocycles. The molecule has 170 valence electrons. The van der Waals surface area contributed by atoms with E-state index in [0.717, 1.165) is 0 Å². The van der Waals surface area contributed by atoms with Gasteiger partial charge in [0.25, 0.3) is 0 Å². The van der Waals surface area contributed by atoms with E-state index in [1.54, 1.807) is 31.2 Å². The van der Waals surface area contributed by atoms with Crippen molar-refractivity contribution in [1.29, 1.82) is 0 Å². The molecule has 1 atom stereocenters. The molecule has 0 fully saturated rings. The first-order valence-corrected chi connectivity index (χ1v) is 9.98. The van der Waals surface area contributed by atoms with Crippen LogP contribution in [0.4, 0.5) is 30.6 Å². The zero-order valence-electron chi connectivity index (χ0n) is 16.5. The van der Waals surface area contributed by atoms with Crippen molar-refractivity contribution in [2.75, 3.05) is 22.8 Å². The predicted octanol–water partition coefficient (Wildman–Crippen LogP) is 5.58. The normalized spacial score (nSPS) is 12.2. The average Bonchev–Trinajstić information content (AvgIpc) is 2.72. The number of hydrogen-bond donors (Lipinski definition) is 4. The molecule has 4 N–H and O–H groups in total. The highest BCUT2D eigenvalue weighted by Gasteiger charge is 2.31. The largest absolute Gasteiger partial charge is 0.573 e. The van der Waals surface area contributed by atoms with E-state index in [0.29, 0.717) is 27.0 Å². The number of ether oxygens (including phenoxy) is 1. The second-order valence-electron chi connectivity index (χ2n) is 6.64. The number of rotatable bonds is 8. The van der Waals surface area contributed by atoms with Gasteiger partial charge in [0.15, 0.2) is 5.82 Å². The van der Waals surface area contributed by atoms with Crippen molar-refractivity contribution in [3.05, 3.63) is 58.6 Å². The summed E-state index contributed by atoms with van der Waals surface area (Å²) in [6.07, 6.45) is -4.82. The third kappa shape index (κ3) is 6.78. The molecule has 3 rings (SSSR count). The minimum Gasteiger partial charge on any atom is -0.406 e. The SMILES string of the molecule is C[C@H](CO)Nc1nc(NNc2ccc(Cl)cc2Cl)cc(-c2cccc(OC(F)(F)F)c2)n1. The predicted molar refractivity (Wildman–Crippen MR) is 118 cm³/mol. The number of aliphatic hydroxyl groups excluding tert-OH is 1. The molecule has 0 saturated heterocycles. The van der Waals surface area contributed by atoms with Gasteiger partial charge in [0.2, 0.25) is 5.95 Å². The Balaban J connectivity index is 1.91. The minimum absolute atomic E-state index is 0.151. The molecule has 3 aromatic rings. The van der Waals surface area contributed by atoms with Crippen molar-refractivity contribution >= 4 is 40.7 Å². The lowest BCUT2D eigenvalue weighted by Crippen LogP contribution is -2.21. The fraction of sp³-hybridized carbons (Fsp3) is 0.200. The van der Waals surface area contributed by atoms with Crippen LogP contribution in [0.2, 0.25) is 10.0 Å². The van der Waals surface area contributed by atoms with Gasteiger partial charge in [-0.25, -0.2) is 4.98 Å². The minimum atomic E-state index is -4.82. The van der Waals surface area contributed by atoms with E-state index in [1.165, 1.54) is 24.3 Å². The molecule has 0 saturated carbocycles. The zero-order chi connectivity index (χ0) is 23.3. The number of benzene rings is 2. The Morgan fingerprint density at radius 1 is 1.06 bits per heavy atom. The van der Waals surface area contributed by atoms with Crippen LogP contribution in [0.3, 0.4) is 0 Å². The first-order chi connectivity index (χ1) is 15.1. The molecule has 12 heteroatoms. The van der Waals surface area contributed by atoms with Crippen LogP contribution in [0, 0.1) is 0 Å². The second kappa shape index (κ2) is 10.1. The zero-order valence-corrected chi connectivity index (χ0v) is 18.1. The number of nitrogens with zero attached hydrogens (tertiary/aromatic N) is 2. The Morgan fingerprint density at radius 2 is 1.84 bits per heavy atom. The highest BCUT2D eigenvalue weighted by atomic mass is 35.5. The van der Waals surface area contributed by atoms with E-state index in [-0.39, 0.29) is 30.2 Å². The topological polar surface area (TPSA) is 91.3 Å². The van der Waals surface area contributed by atoms with Crippen molar-refractivity contribution in [2.24, 2.45) is 0 Å². The van der Waals surface area contributed by atoms with Crippen LogP contribution < -0.4 is 20.9 Å². The van der Waals surface area contributed by atoms with E-state index >= 15 is 0 Å². The molecule has 0 aliphatic rings. The Labute approximate surface area is 191 Å². The highest BCUT2D eigenvalue weighted by molar-refractivity contribution is 6.36. The summed E-state index contributed by atoms with van der Waals surface area (Å²) in [6, 6.07) is 11.4. The van der Waals surface area contributed by atoms with E-state index in [9.17, 15) is 18.3 Å². The van der Waals surface area contributed by atoms with Gasteiger partial charge in [-0.3, -0.25) is 10.9 Å². The lowest BCUT2D eigenvalue weighted by atomic mass is 10.1. The lowest BCUT2D eigenvalue weighted by molar-refractivity contribution is -0.274. The van der Waals surface area contributed by atoms with E-state index < -0.39 is 6.36 Å². The maximum atomic E-state index is 12.6. The molecule has 1 aromatic heterocycles. The van der Waals surface area contributed by atoms with Crippen LogP contribution in [0.25, 0.3) is 11.3 Å². The molecule has 0 spiro atoms. The molecule has 32 heavy (non-hydrogen) atoms. The molecular weight excluding hydrogens is 470 g/mol. The number of hydrazine groups is 1. The number of aliphatic hydroxyl groups is 1. The number of nitrogens with one attached hydrogen (secondary N) is 3. The Kier molecular flexibility index (Phi) is 7.49. The summed E-state index contributed by atoms with van der Waals surface area (Å²) in [6.45, 7) is 1.54. The van der Waals surface area contributed by atoms with Crippen LogP contribution in [-0.4, -0.2) is 34.1 Å². The Hall–Kier alpha value is -2.95. The summed E-state index contributed by atoms with van der Waals surface area (Å²) in [5.41, 5.74) is 6.96.